The molecule has 0 saturated heterocycles. The van der Waals surface area contributed by atoms with E-state index in [2.05, 4.69) is 282 Å². The molecule has 0 spiro atoms. The summed E-state index contributed by atoms with van der Waals surface area (Å²) in [7, 11) is 0. The van der Waals surface area contributed by atoms with Gasteiger partial charge in [0.25, 0.3) is 0 Å². The molecule has 0 unspecified atom stereocenters. The van der Waals surface area contributed by atoms with Crippen LogP contribution in [-0.2, 0) is 0 Å². The van der Waals surface area contributed by atoms with E-state index in [-0.39, 0.29) is 0 Å². The van der Waals surface area contributed by atoms with Crippen LogP contribution in [0.25, 0.3) is 252 Å². The third-order valence-electron chi connectivity index (χ3n) is 23.1. The number of para-hydroxylation sites is 9. The molecule has 0 fully saturated rings. The Morgan fingerprint density at radius 2 is 0.536 bits per heavy atom. The third-order valence-corrected chi connectivity index (χ3v) is 23.1. The predicted molar refractivity (Wildman–Crippen MR) is 453 cm³/mol. The average Bonchev–Trinajstić information content (AvgIpc) is 1.56. The molecule has 0 N–H and O–H groups in total. The largest absolute Gasteiger partial charge is 0.456 e. The van der Waals surface area contributed by atoms with Crippen molar-refractivity contribution in [3.8, 4) is 34.4 Å². The normalized spacial score (nSPS) is 12.4. The van der Waals surface area contributed by atoms with Gasteiger partial charge >= 0.3 is 0 Å². The van der Waals surface area contributed by atoms with Gasteiger partial charge in [-0.25, -0.2) is 19.9 Å². The minimum atomic E-state index is 0.569. The minimum Gasteiger partial charge on any atom is -0.456 e. The zero-order valence-corrected chi connectivity index (χ0v) is 58.5. The van der Waals surface area contributed by atoms with Gasteiger partial charge < -0.3 is 17.7 Å². The van der Waals surface area contributed by atoms with Crippen LogP contribution in [0.15, 0.2) is 345 Å². The first-order chi connectivity index (χ1) is 54.6. The van der Waals surface area contributed by atoms with Crippen LogP contribution in [0.3, 0.4) is 0 Å². The van der Waals surface area contributed by atoms with Crippen LogP contribution in [0, 0.1) is 0 Å². The maximum atomic E-state index is 7.03. The molecule has 8 aromatic heterocycles. The van der Waals surface area contributed by atoms with E-state index in [9.17, 15) is 0 Å². The van der Waals surface area contributed by atoms with E-state index < -0.39 is 0 Å². The first kappa shape index (κ1) is 59.3. The van der Waals surface area contributed by atoms with Gasteiger partial charge in [-0.15, -0.1) is 0 Å². The summed E-state index contributed by atoms with van der Waals surface area (Å²) in [4.78, 5) is 21.7. The molecule has 0 atom stereocenters. The van der Waals surface area contributed by atoms with Gasteiger partial charge in [0.05, 0.1) is 33.5 Å². The standard InChI is InChI=1S/2C50H27N3O2/c1-3-17-31-28(14-1)29-15-2-4-18-32(29)43-42(31)44-35-20-6-10-25-39(35)53(47(44)49-45(43)36-21-8-12-27-41(36)55-49)50-51-38-24-9-5-19-34(38)46(52-50)37-23-13-22-33-30-16-7-11-26-40(30)54-48(33)37;1-3-16-33-29(13-1)30-14-2-4-17-34(30)44-43(33)45-36-19-6-10-22-39(36)53(48(45)49-46(44)37-20-8-12-24-41(37)55-49)50-51-38-21-9-5-18-35(38)47(52-50)28-25-26-32-31-15-7-11-23-40(31)54-42(32)27-28/h2*1-27H. The highest BCUT2D eigenvalue weighted by Gasteiger charge is 2.31. The van der Waals surface area contributed by atoms with E-state index in [1.807, 2.05) is 54.6 Å². The van der Waals surface area contributed by atoms with Crippen LogP contribution in [0.2, 0.25) is 0 Å². The SMILES string of the molecule is c1ccc2c(-c3ccc4c(c3)oc3ccccc34)nc(-n3c4ccccc4c4c5c6ccccc6c6ccccc6c5c5c6ccccc6oc5c43)nc2c1.c1ccc2c(-c3cccc4c3oc3ccccc34)nc(-n3c4ccccc4c4c5c6ccccc6c6ccccc6c5c5c6ccccc6oc5c43)nc2c1. The molecule has 26 rings (SSSR count). The van der Waals surface area contributed by atoms with E-state index in [4.69, 9.17) is 37.6 Å². The Balaban J connectivity index is 0.000000126. The number of rotatable bonds is 4. The average molecular weight is 1400 g/mol. The lowest BCUT2D eigenvalue weighted by molar-refractivity contribution is 0.669. The van der Waals surface area contributed by atoms with Crippen molar-refractivity contribution in [1.29, 1.82) is 0 Å². The first-order valence-corrected chi connectivity index (χ1v) is 37.2. The Bertz CT molecular complexity index is 8580. The molecule has 0 saturated carbocycles. The van der Waals surface area contributed by atoms with Crippen LogP contribution >= 0.6 is 0 Å². The van der Waals surface area contributed by atoms with Gasteiger partial charge in [0, 0.05) is 108 Å². The fourth-order valence-corrected chi connectivity index (χ4v) is 18.6. The van der Waals surface area contributed by atoms with Crippen molar-refractivity contribution in [2.24, 2.45) is 0 Å². The highest BCUT2D eigenvalue weighted by molar-refractivity contribution is 6.46. The lowest BCUT2D eigenvalue weighted by Gasteiger charge is -2.14. The number of furan rings is 4. The van der Waals surface area contributed by atoms with Crippen molar-refractivity contribution < 1.29 is 17.7 Å². The van der Waals surface area contributed by atoms with Crippen LogP contribution in [0.4, 0.5) is 0 Å². The van der Waals surface area contributed by atoms with Crippen LogP contribution < -0.4 is 0 Å². The molecule has 10 nitrogen and oxygen atoms in total. The third kappa shape index (κ3) is 8.09. The van der Waals surface area contributed by atoms with Gasteiger partial charge in [0.1, 0.15) is 44.5 Å². The number of nitrogens with zero attached hydrogens (tertiary/aromatic N) is 6. The second-order valence-electron chi connectivity index (χ2n) is 28.8. The fourth-order valence-electron chi connectivity index (χ4n) is 18.6. The second-order valence-corrected chi connectivity index (χ2v) is 28.8. The van der Waals surface area contributed by atoms with Crippen molar-refractivity contribution in [1.82, 2.24) is 29.1 Å². The molecule has 508 valence electrons. The molecule has 110 heavy (non-hydrogen) atoms. The zero-order chi connectivity index (χ0) is 71.6. The summed E-state index contributed by atoms with van der Waals surface area (Å²) >= 11 is 0. The van der Waals surface area contributed by atoms with Crippen LogP contribution in [-0.4, -0.2) is 29.1 Å². The zero-order valence-electron chi connectivity index (χ0n) is 58.5. The summed E-state index contributed by atoms with van der Waals surface area (Å²) in [6, 6.07) is 115. The molecule has 0 aliphatic rings. The van der Waals surface area contributed by atoms with Gasteiger partial charge in [-0.05, 0) is 110 Å². The number of hydrogen-bond acceptors (Lipinski definition) is 8. The molecule has 0 radical (unpaired) electrons. The molecule has 8 heterocycles. The molecular weight excluding hydrogens is 1350 g/mol. The summed E-state index contributed by atoms with van der Waals surface area (Å²) in [6.07, 6.45) is 0. The molecule has 0 aliphatic heterocycles. The highest BCUT2D eigenvalue weighted by atomic mass is 16.3. The lowest BCUT2D eigenvalue weighted by Crippen LogP contribution is -2.03. The highest BCUT2D eigenvalue weighted by Crippen LogP contribution is 2.53. The van der Waals surface area contributed by atoms with E-state index >= 15 is 0 Å². The quantitative estimate of drug-likeness (QED) is 0.160. The van der Waals surface area contributed by atoms with Crippen molar-refractivity contribution in [2.75, 3.05) is 0 Å². The molecule has 0 bridgehead atoms. The number of benzene rings is 18. The molecule has 0 aliphatic carbocycles. The molecule has 10 heteroatoms. The summed E-state index contributed by atoms with van der Waals surface area (Å²) in [5.41, 5.74) is 15.9. The van der Waals surface area contributed by atoms with Crippen molar-refractivity contribution >= 4 is 218 Å². The van der Waals surface area contributed by atoms with Gasteiger partial charge in [0.15, 0.2) is 11.2 Å². The monoisotopic (exact) mass is 1400 g/mol. The van der Waals surface area contributed by atoms with Crippen molar-refractivity contribution in [2.45, 2.75) is 0 Å². The first-order valence-electron chi connectivity index (χ1n) is 37.2. The molecule has 0 amide bonds. The Kier molecular flexibility index (Phi) is 12.0. The Morgan fingerprint density at radius 1 is 0.200 bits per heavy atom. The van der Waals surface area contributed by atoms with Crippen molar-refractivity contribution in [3.63, 3.8) is 0 Å². The number of aromatic nitrogens is 6. The summed E-state index contributed by atoms with van der Waals surface area (Å²) in [6.45, 7) is 0. The Hall–Kier alpha value is -15.0. The summed E-state index contributed by atoms with van der Waals surface area (Å²) in [5, 5.41) is 29.6. The fraction of sp³-hybridized carbons (Fsp3) is 0. The van der Waals surface area contributed by atoms with Gasteiger partial charge in [-0.1, -0.05) is 261 Å². The van der Waals surface area contributed by atoms with Crippen LogP contribution in [0.1, 0.15) is 0 Å². The number of fused-ring (bicyclic) bond motifs is 38. The second kappa shape index (κ2) is 22.3. The van der Waals surface area contributed by atoms with Gasteiger partial charge in [-0.3, -0.25) is 9.13 Å². The van der Waals surface area contributed by atoms with Gasteiger partial charge in [0.2, 0.25) is 11.9 Å². The van der Waals surface area contributed by atoms with E-state index in [1.54, 1.807) is 0 Å². The smallest absolute Gasteiger partial charge is 0.235 e. The molecular formula is C100H54N6O4. The van der Waals surface area contributed by atoms with Crippen molar-refractivity contribution in [3.05, 3.63) is 328 Å². The molecule has 26 aromatic rings. The van der Waals surface area contributed by atoms with E-state index in [0.717, 1.165) is 176 Å². The van der Waals surface area contributed by atoms with Gasteiger partial charge in [-0.2, -0.15) is 0 Å². The number of hydrogen-bond donors (Lipinski definition) is 0. The topological polar surface area (TPSA) is 114 Å². The maximum Gasteiger partial charge on any atom is 0.235 e. The van der Waals surface area contributed by atoms with Crippen LogP contribution in [0.5, 0.6) is 0 Å². The molecule has 18 aromatic carbocycles. The maximum absolute atomic E-state index is 7.03. The van der Waals surface area contributed by atoms with E-state index in [1.165, 1.54) is 64.6 Å². The predicted octanol–water partition coefficient (Wildman–Crippen LogP) is 27.3. The Morgan fingerprint density at radius 3 is 1.03 bits per heavy atom. The Labute approximate surface area is 622 Å². The lowest BCUT2D eigenvalue weighted by atomic mass is 9.89. The minimum absolute atomic E-state index is 0.569. The van der Waals surface area contributed by atoms with E-state index in [0.29, 0.717) is 11.9 Å². The summed E-state index contributed by atoms with van der Waals surface area (Å²) < 4.78 is 31.5. The summed E-state index contributed by atoms with van der Waals surface area (Å²) in [5.74, 6) is 1.15.